The molecule has 0 fully saturated rings. The molecule has 0 saturated carbocycles. The topological polar surface area (TPSA) is 25.8 Å². The molecule has 1 aromatic rings. The van der Waals surface area contributed by atoms with Crippen molar-refractivity contribution in [1.82, 2.24) is 9.97 Å². The molecule has 0 unspecified atom stereocenters. The van der Waals surface area contributed by atoms with E-state index in [-0.39, 0.29) is 26.5 Å². The van der Waals surface area contributed by atoms with E-state index in [0.29, 0.717) is 0 Å². The maximum absolute atomic E-state index is 4.11. The van der Waals surface area contributed by atoms with E-state index in [4.69, 9.17) is 0 Å². The molecule has 1 aromatic heterocycles. The van der Waals surface area contributed by atoms with E-state index in [1.54, 1.807) is 12.3 Å². The Morgan fingerprint density at radius 2 is 1.79 bits per heavy atom. The van der Waals surface area contributed by atoms with Gasteiger partial charge in [-0.15, -0.1) is 6.07 Å². The molecule has 0 spiro atoms. The summed E-state index contributed by atoms with van der Waals surface area (Å²) in [6.45, 7) is 10.2. The van der Waals surface area contributed by atoms with Gasteiger partial charge in [0.15, 0.2) is 0 Å². The van der Waals surface area contributed by atoms with Gasteiger partial charge in [-0.2, -0.15) is 13.8 Å². The van der Waals surface area contributed by atoms with E-state index < -0.39 is 0 Å². The standard InChI is InChI=1S/C8H11N2.C3H7.W/c1-8(2,3)7-9-5-4-6-10-7;1-3-2;/h4-5H,1-3H3;3H,1-2H3;/q2*-1;+2. The zero-order valence-corrected chi connectivity index (χ0v) is 12.5. The van der Waals surface area contributed by atoms with Crippen LogP contribution in [0.2, 0.25) is 0 Å². The Labute approximate surface area is 102 Å². The van der Waals surface area contributed by atoms with E-state index in [2.05, 4.69) is 36.9 Å². The van der Waals surface area contributed by atoms with E-state index in [0.717, 1.165) is 5.82 Å². The minimum Gasteiger partial charge on any atom is -0.373 e. The fourth-order valence-corrected chi connectivity index (χ4v) is 0.630. The summed E-state index contributed by atoms with van der Waals surface area (Å²) in [5.74, 6) is 0.843. The van der Waals surface area contributed by atoms with Crippen LogP contribution < -0.4 is 0 Å². The fraction of sp³-hybridized carbons (Fsp3) is 0.545. The average Bonchev–Trinajstić information content (AvgIpc) is 2.06. The van der Waals surface area contributed by atoms with E-state index in [1.165, 1.54) is 0 Å². The van der Waals surface area contributed by atoms with Gasteiger partial charge in [-0.3, -0.25) is 0 Å². The third-order valence-corrected chi connectivity index (χ3v) is 1.19. The molecule has 0 amide bonds. The van der Waals surface area contributed by atoms with Gasteiger partial charge in [0.1, 0.15) is 0 Å². The van der Waals surface area contributed by atoms with Crippen molar-refractivity contribution in [3.63, 3.8) is 0 Å². The Morgan fingerprint density at radius 1 is 1.29 bits per heavy atom. The summed E-state index contributed by atoms with van der Waals surface area (Å²) in [5.41, 5.74) is 0.0394. The Balaban J connectivity index is 0. The summed E-state index contributed by atoms with van der Waals surface area (Å²) >= 11 is 0. The zero-order valence-electron chi connectivity index (χ0n) is 9.53. The second-order valence-electron chi connectivity index (χ2n) is 3.84. The molecule has 0 aliphatic rings. The zero-order chi connectivity index (χ0) is 10.3. The third-order valence-electron chi connectivity index (χ3n) is 1.19. The van der Waals surface area contributed by atoms with Gasteiger partial charge in [-0.05, 0) is 5.41 Å². The summed E-state index contributed by atoms with van der Waals surface area (Å²) in [7, 11) is 0. The van der Waals surface area contributed by atoms with Crippen LogP contribution in [-0.2, 0) is 26.5 Å². The van der Waals surface area contributed by atoms with Crippen molar-refractivity contribution in [3.8, 4) is 0 Å². The van der Waals surface area contributed by atoms with E-state index >= 15 is 0 Å². The van der Waals surface area contributed by atoms with Crippen LogP contribution in [0.5, 0.6) is 0 Å². The largest absolute Gasteiger partial charge is 2.00 e. The van der Waals surface area contributed by atoms with Gasteiger partial charge in [-0.25, -0.2) is 0 Å². The van der Waals surface area contributed by atoms with Crippen molar-refractivity contribution in [2.75, 3.05) is 0 Å². The molecular weight excluding hydrogens is 344 g/mol. The third kappa shape index (κ3) is 7.20. The van der Waals surface area contributed by atoms with Crippen molar-refractivity contribution in [3.05, 3.63) is 30.7 Å². The molecule has 0 saturated heterocycles. The van der Waals surface area contributed by atoms with Crippen LogP contribution in [0.15, 0.2) is 12.3 Å². The first kappa shape index (κ1) is 16.2. The predicted molar refractivity (Wildman–Crippen MR) is 55.2 cm³/mol. The summed E-state index contributed by atoms with van der Waals surface area (Å²) in [5, 5.41) is 0. The molecule has 14 heavy (non-hydrogen) atoms. The molecule has 1 heterocycles. The van der Waals surface area contributed by atoms with Gasteiger partial charge in [0.2, 0.25) is 0 Å². The van der Waals surface area contributed by atoms with Gasteiger partial charge < -0.3 is 16.4 Å². The second-order valence-corrected chi connectivity index (χ2v) is 3.84. The Bertz CT molecular complexity index is 216. The number of aromatic nitrogens is 2. The molecule has 0 N–H and O–H groups in total. The molecule has 0 aliphatic heterocycles. The molecule has 0 radical (unpaired) electrons. The van der Waals surface area contributed by atoms with Crippen molar-refractivity contribution < 1.29 is 21.1 Å². The summed E-state index contributed by atoms with van der Waals surface area (Å²) in [4.78, 5) is 8.12. The van der Waals surface area contributed by atoms with E-state index in [1.807, 2.05) is 20.3 Å². The van der Waals surface area contributed by atoms with Gasteiger partial charge in [-0.1, -0.05) is 33.2 Å². The van der Waals surface area contributed by atoms with Crippen LogP contribution in [0.1, 0.15) is 40.4 Å². The number of rotatable bonds is 0. The molecule has 1 rings (SSSR count). The average molecular weight is 362 g/mol. The van der Waals surface area contributed by atoms with E-state index in [9.17, 15) is 0 Å². The molecule has 2 nitrogen and oxygen atoms in total. The van der Waals surface area contributed by atoms with Crippen LogP contribution in [0.4, 0.5) is 0 Å². The van der Waals surface area contributed by atoms with Crippen molar-refractivity contribution >= 4 is 0 Å². The summed E-state index contributed by atoms with van der Waals surface area (Å²) in [6, 6.07) is 1.70. The summed E-state index contributed by atoms with van der Waals surface area (Å²) < 4.78 is 0. The molecule has 0 atom stereocenters. The molecule has 3 heteroatoms. The second kappa shape index (κ2) is 8.11. The smallest absolute Gasteiger partial charge is 0.373 e. The molecular formula is C11H18N2W. The maximum atomic E-state index is 4.11. The first-order valence-corrected chi connectivity index (χ1v) is 4.46. The maximum Gasteiger partial charge on any atom is 2.00 e. The number of hydrogen-bond donors (Lipinski definition) is 0. The van der Waals surface area contributed by atoms with Crippen molar-refractivity contribution in [2.45, 2.75) is 40.0 Å². The Hall–Kier alpha value is -0.232. The normalized spacial score (nSPS) is 9.50. The SMILES string of the molecule is CC(C)(C)c1n[c-]ccn1.C[CH-]C.[W+2]. The minimum atomic E-state index is 0. The number of nitrogens with zero attached hydrogens (tertiary/aromatic N) is 2. The fourth-order valence-electron chi connectivity index (χ4n) is 0.630. The molecule has 78 valence electrons. The van der Waals surface area contributed by atoms with Crippen LogP contribution >= 0.6 is 0 Å². The molecule has 0 bridgehead atoms. The van der Waals surface area contributed by atoms with Gasteiger partial charge in [0.05, 0.1) is 0 Å². The quantitative estimate of drug-likeness (QED) is 0.664. The summed E-state index contributed by atoms with van der Waals surface area (Å²) in [6.07, 6.45) is 6.47. The van der Waals surface area contributed by atoms with Gasteiger partial charge >= 0.3 is 21.1 Å². The van der Waals surface area contributed by atoms with Crippen LogP contribution in [0.3, 0.4) is 0 Å². The monoisotopic (exact) mass is 362 g/mol. The minimum absolute atomic E-state index is 0. The first-order chi connectivity index (χ1) is 6.02. The van der Waals surface area contributed by atoms with Crippen LogP contribution in [0, 0.1) is 12.6 Å². The first-order valence-electron chi connectivity index (χ1n) is 4.46. The van der Waals surface area contributed by atoms with Gasteiger partial charge in [0, 0.05) is 5.82 Å². The number of hydrogen-bond acceptors (Lipinski definition) is 2. The predicted octanol–water partition coefficient (Wildman–Crippen LogP) is 2.80. The van der Waals surface area contributed by atoms with Gasteiger partial charge in [0.25, 0.3) is 0 Å². The van der Waals surface area contributed by atoms with Crippen molar-refractivity contribution in [2.24, 2.45) is 0 Å². The van der Waals surface area contributed by atoms with Crippen LogP contribution in [-0.4, -0.2) is 9.97 Å². The molecule has 0 aromatic carbocycles. The Kier molecular flexibility index (Phi) is 9.39. The Morgan fingerprint density at radius 3 is 2.00 bits per heavy atom. The van der Waals surface area contributed by atoms with Crippen molar-refractivity contribution in [1.29, 1.82) is 0 Å². The van der Waals surface area contributed by atoms with Crippen LogP contribution in [0.25, 0.3) is 0 Å². The molecule has 0 aliphatic carbocycles.